The van der Waals surface area contributed by atoms with Gasteiger partial charge in [-0.3, -0.25) is 14.8 Å². The molecular formula is C16H20ClN3O2. The van der Waals surface area contributed by atoms with E-state index in [1.54, 1.807) is 6.07 Å². The summed E-state index contributed by atoms with van der Waals surface area (Å²) in [5.74, 6) is 0.568. The molecule has 2 rings (SSSR count). The number of rotatable bonds is 5. The molecule has 0 fully saturated rings. The minimum absolute atomic E-state index is 0.00242. The second-order valence-electron chi connectivity index (χ2n) is 5.94. The molecule has 0 aliphatic rings. The zero-order valence-electron chi connectivity index (χ0n) is 13.3. The van der Waals surface area contributed by atoms with Crippen LogP contribution in [0.15, 0.2) is 18.2 Å². The zero-order chi connectivity index (χ0) is 16.4. The van der Waals surface area contributed by atoms with Crippen LogP contribution < -0.4 is 0 Å². The highest BCUT2D eigenvalue weighted by molar-refractivity contribution is 6.31. The first-order valence-corrected chi connectivity index (χ1v) is 7.63. The summed E-state index contributed by atoms with van der Waals surface area (Å²) in [6.45, 7) is 8.95. The van der Waals surface area contributed by atoms with Crippen molar-refractivity contribution in [3.63, 3.8) is 0 Å². The molecule has 0 aliphatic heterocycles. The van der Waals surface area contributed by atoms with Crippen LogP contribution in [0.1, 0.15) is 36.4 Å². The lowest BCUT2D eigenvalue weighted by atomic mass is 10.0. The largest absolute Gasteiger partial charge is 0.270 e. The highest BCUT2D eigenvalue weighted by Crippen LogP contribution is 2.25. The molecule has 1 aromatic carbocycles. The van der Waals surface area contributed by atoms with Crippen LogP contribution in [0, 0.1) is 29.9 Å². The average molecular weight is 322 g/mol. The molecule has 5 nitrogen and oxygen atoms in total. The molecule has 1 heterocycles. The molecule has 0 bridgehead atoms. The Morgan fingerprint density at radius 1 is 1.36 bits per heavy atom. The fourth-order valence-corrected chi connectivity index (χ4v) is 2.77. The predicted octanol–water partition coefficient (Wildman–Crippen LogP) is 4.31. The molecule has 6 heteroatoms. The number of nitro groups is 1. The van der Waals surface area contributed by atoms with E-state index in [-0.39, 0.29) is 5.69 Å². The van der Waals surface area contributed by atoms with E-state index in [0.29, 0.717) is 17.5 Å². The lowest BCUT2D eigenvalue weighted by molar-refractivity contribution is -0.384. The van der Waals surface area contributed by atoms with Crippen LogP contribution in [-0.4, -0.2) is 14.7 Å². The van der Waals surface area contributed by atoms with Crippen LogP contribution in [0.2, 0.25) is 5.02 Å². The summed E-state index contributed by atoms with van der Waals surface area (Å²) in [5.41, 5.74) is 4.26. The van der Waals surface area contributed by atoms with Gasteiger partial charge >= 0.3 is 0 Å². The molecule has 0 unspecified atom stereocenters. The van der Waals surface area contributed by atoms with Crippen molar-refractivity contribution >= 4 is 17.3 Å². The lowest BCUT2D eigenvalue weighted by Crippen LogP contribution is -2.05. The summed E-state index contributed by atoms with van der Waals surface area (Å²) in [4.78, 5) is 10.3. The molecule has 0 amide bonds. The fourth-order valence-electron chi connectivity index (χ4n) is 2.53. The van der Waals surface area contributed by atoms with Gasteiger partial charge in [0.25, 0.3) is 5.69 Å². The number of nitro benzene ring substituents is 1. The van der Waals surface area contributed by atoms with Crippen molar-refractivity contribution < 1.29 is 4.92 Å². The minimum atomic E-state index is -0.445. The van der Waals surface area contributed by atoms with E-state index < -0.39 is 4.92 Å². The standard InChI is InChI=1S/C16H20ClN3O2/c1-10(2)7-15-11(3)18-19(12(15)4)9-13-5-6-14(20(21)22)8-16(13)17/h5-6,8,10H,7,9H2,1-4H3. The molecule has 118 valence electrons. The third-order valence-electron chi connectivity index (χ3n) is 3.71. The molecule has 0 saturated carbocycles. The van der Waals surface area contributed by atoms with Crippen molar-refractivity contribution in [2.75, 3.05) is 0 Å². The van der Waals surface area contributed by atoms with Crippen molar-refractivity contribution in [1.29, 1.82) is 0 Å². The molecule has 0 atom stereocenters. The van der Waals surface area contributed by atoms with Crippen LogP contribution in [0.4, 0.5) is 5.69 Å². The Hall–Kier alpha value is -1.88. The summed E-state index contributed by atoms with van der Waals surface area (Å²) in [5, 5.41) is 15.7. The first kappa shape index (κ1) is 16.5. The molecule has 0 saturated heterocycles. The fraction of sp³-hybridized carbons (Fsp3) is 0.438. The van der Waals surface area contributed by atoms with Crippen molar-refractivity contribution in [3.05, 3.63) is 55.9 Å². The maximum absolute atomic E-state index is 10.8. The maximum Gasteiger partial charge on any atom is 0.270 e. The summed E-state index contributed by atoms with van der Waals surface area (Å²) in [6.07, 6.45) is 0.992. The van der Waals surface area contributed by atoms with Gasteiger partial charge in [-0.15, -0.1) is 0 Å². The van der Waals surface area contributed by atoms with Crippen molar-refractivity contribution in [3.8, 4) is 0 Å². The molecular weight excluding hydrogens is 302 g/mol. The first-order chi connectivity index (χ1) is 10.3. The minimum Gasteiger partial charge on any atom is -0.265 e. The molecule has 0 radical (unpaired) electrons. The van der Waals surface area contributed by atoms with Gasteiger partial charge in [0.1, 0.15) is 0 Å². The van der Waals surface area contributed by atoms with E-state index in [9.17, 15) is 10.1 Å². The highest BCUT2D eigenvalue weighted by atomic mass is 35.5. The average Bonchev–Trinajstić information content (AvgIpc) is 2.68. The number of hydrogen-bond donors (Lipinski definition) is 0. The Kier molecular flexibility index (Phi) is 4.86. The second kappa shape index (κ2) is 6.48. The Labute approximate surface area is 135 Å². The monoisotopic (exact) mass is 321 g/mol. The van der Waals surface area contributed by atoms with Gasteiger partial charge in [-0.05, 0) is 43.4 Å². The van der Waals surface area contributed by atoms with Crippen molar-refractivity contribution in [2.45, 2.75) is 40.7 Å². The highest BCUT2D eigenvalue weighted by Gasteiger charge is 2.15. The number of benzene rings is 1. The number of hydrogen-bond acceptors (Lipinski definition) is 3. The van der Waals surface area contributed by atoms with Crippen LogP contribution in [-0.2, 0) is 13.0 Å². The SMILES string of the molecule is Cc1nn(Cc2ccc([N+](=O)[O-])cc2Cl)c(C)c1CC(C)C. The molecule has 2 aromatic rings. The van der Waals surface area contributed by atoms with E-state index in [1.807, 2.05) is 11.6 Å². The Balaban J connectivity index is 2.30. The predicted molar refractivity (Wildman–Crippen MR) is 87.5 cm³/mol. The molecule has 0 N–H and O–H groups in total. The number of non-ortho nitro benzene ring substituents is 1. The molecule has 0 aliphatic carbocycles. The van der Waals surface area contributed by atoms with Crippen molar-refractivity contribution in [1.82, 2.24) is 9.78 Å². The van der Waals surface area contributed by atoms with E-state index in [4.69, 9.17) is 11.6 Å². The van der Waals surface area contributed by atoms with E-state index in [1.165, 1.54) is 17.7 Å². The van der Waals surface area contributed by atoms with Gasteiger partial charge in [0.2, 0.25) is 0 Å². The Morgan fingerprint density at radius 3 is 2.59 bits per heavy atom. The van der Waals surface area contributed by atoms with Crippen LogP contribution >= 0.6 is 11.6 Å². The summed E-state index contributed by atoms with van der Waals surface area (Å²) >= 11 is 6.16. The number of nitrogens with zero attached hydrogens (tertiary/aromatic N) is 3. The first-order valence-electron chi connectivity index (χ1n) is 7.25. The van der Waals surface area contributed by atoms with Gasteiger partial charge < -0.3 is 0 Å². The van der Waals surface area contributed by atoms with Gasteiger partial charge in [0.05, 0.1) is 22.2 Å². The van der Waals surface area contributed by atoms with Crippen LogP contribution in [0.5, 0.6) is 0 Å². The Bertz CT molecular complexity index is 708. The van der Waals surface area contributed by atoms with E-state index >= 15 is 0 Å². The van der Waals surface area contributed by atoms with Crippen LogP contribution in [0.3, 0.4) is 0 Å². The smallest absolute Gasteiger partial charge is 0.265 e. The molecule has 1 aromatic heterocycles. The molecule has 22 heavy (non-hydrogen) atoms. The third-order valence-corrected chi connectivity index (χ3v) is 4.06. The topological polar surface area (TPSA) is 61.0 Å². The summed E-state index contributed by atoms with van der Waals surface area (Å²) in [7, 11) is 0. The lowest BCUT2D eigenvalue weighted by Gasteiger charge is -2.08. The van der Waals surface area contributed by atoms with Gasteiger partial charge in [0, 0.05) is 17.8 Å². The van der Waals surface area contributed by atoms with Gasteiger partial charge in [-0.25, -0.2) is 0 Å². The quantitative estimate of drug-likeness (QED) is 0.609. The van der Waals surface area contributed by atoms with Gasteiger partial charge in [-0.1, -0.05) is 25.4 Å². The summed E-state index contributed by atoms with van der Waals surface area (Å²) in [6, 6.07) is 4.55. The van der Waals surface area contributed by atoms with Gasteiger partial charge in [0.15, 0.2) is 0 Å². The normalized spacial score (nSPS) is 11.2. The Morgan fingerprint density at radius 2 is 2.05 bits per heavy atom. The number of aryl methyl sites for hydroxylation is 1. The number of aromatic nitrogens is 2. The van der Waals surface area contributed by atoms with E-state index in [0.717, 1.165) is 23.4 Å². The van der Waals surface area contributed by atoms with Gasteiger partial charge in [-0.2, -0.15) is 5.10 Å². The zero-order valence-corrected chi connectivity index (χ0v) is 14.0. The maximum atomic E-state index is 10.8. The number of halogens is 1. The van der Waals surface area contributed by atoms with Crippen molar-refractivity contribution in [2.24, 2.45) is 5.92 Å². The third kappa shape index (κ3) is 3.47. The second-order valence-corrected chi connectivity index (χ2v) is 6.35. The molecule has 0 spiro atoms. The van der Waals surface area contributed by atoms with E-state index in [2.05, 4.69) is 25.9 Å². The van der Waals surface area contributed by atoms with Crippen LogP contribution in [0.25, 0.3) is 0 Å². The summed E-state index contributed by atoms with van der Waals surface area (Å²) < 4.78 is 1.92.